The highest BCUT2D eigenvalue weighted by Crippen LogP contribution is 2.56. The normalized spacial score (nSPS) is 21.1. The lowest BCUT2D eigenvalue weighted by molar-refractivity contribution is -0.146. The number of halogens is 2. The molecule has 2 aromatic carbocycles. The third kappa shape index (κ3) is 5.99. The van der Waals surface area contributed by atoms with Gasteiger partial charge in [-0.2, -0.15) is 0 Å². The Hall–Kier alpha value is -2.90. The molecule has 198 valence electrons. The Kier molecular flexibility index (Phi) is 8.70. The third-order valence-electron chi connectivity index (χ3n) is 7.95. The maximum Gasteiger partial charge on any atom is 0.328 e. The second kappa shape index (κ2) is 11.2. The number of hydrogen-bond acceptors (Lipinski definition) is 5. The molecule has 0 spiro atoms. The summed E-state index contributed by atoms with van der Waals surface area (Å²) < 4.78 is 4.94. The number of esters is 1. The van der Waals surface area contributed by atoms with Crippen LogP contribution in [0, 0.1) is 16.7 Å². The Morgan fingerprint density at radius 3 is 2.27 bits per heavy atom. The van der Waals surface area contributed by atoms with Crippen molar-refractivity contribution in [3.8, 4) is 0 Å². The lowest BCUT2D eigenvalue weighted by Crippen LogP contribution is -2.49. The van der Waals surface area contributed by atoms with Gasteiger partial charge in [0.05, 0.1) is 17.7 Å². The number of anilines is 1. The van der Waals surface area contributed by atoms with Crippen LogP contribution in [-0.4, -0.2) is 36.7 Å². The average molecular weight is 547 g/mol. The zero-order chi connectivity index (χ0) is 27.5. The molecule has 0 bridgehead atoms. The lowest BCUT2D eigenvalue weighted by Gasteiger charge is -2.39. The average Bonchev–Trinajstić information content (AvgIpc) is 3.10. The summed E-state index contributed by atoms with van der Waals surface area (Å²) in [6.45, 7) is 7.33. The number of methoxy groups -OCH3 is 1. The Morgan fingerprint density at radius 2 is 1.70 bits per heavy atom. The highest BCUT2D eigenvalue weighted by molar-refractivity contribution is 6.36. The Bertz CT molecular complexity index is 1210. The van der Waals surface area contributed by atoms with Gasteiger partial charge >= 0.3 is 5.97 Å². The maximum atomic E-state index is 13.3. The van der Waals surface area contributed by atoms with Gasteiger partial charge in [-0.15, -0.1) is 0 Å². The van der Waals surface area contributed by atoms with Gasteiger partial charge in [-0.25, -0.2) is 4.79 Å². The number of rotatable bonds is 8. The first-order chi connectivity index (χ1) is 17.3. The number of nitrogens with one attached hydrogen (secondary N) is 2. The molecular weight excluding hydrogens is 515 g/mol. The number of ketones is 1. The van der Waals surface area contributed by atoms with E-state index in [2.05, 4.69) is 10.6 Å². The first kappa shape index (κ1) is 28.7. The van der Waals surface area contributed by atoms with Gasteiger partial charge in [0.1, 0.15) is 11.8 Å². The van der Waals surface area contributed by atoms with E-state index in [0.29, 0.717) is 23.6 Å². The number of hydrogen-bond donors (Lipinski definition) is 2. The molecular formula is C28H32Cl2N2O5. The van der Waals surface area contributed by atoms with Crippen LogP contribution in [0.25, 0.3) is 0 Å². The third-order valence-corrected chi connectivity index (χ3v) is 8.51. The highest BCUT2D eigenvalue weighted by Gasteiger charge is 2.56. The Morgan fingerprint density at radius 1 is 1.05 bits per heavy atom. The predicted molar refractivity (Wildman–Crippen MR) is 144 cm³/mol. The molecule has 1 saturated carbocycles. The zero-order valence-electron chi connectivity index (χ0n) is 21.6. The van der Waals surface area contributed by atoms with Crippen LogP contribution in [0.4, 0.5) is 5.69 Å². The van der Waals surface area contributed by atoms with Crippen molar-refractivity contribution in [1.82, 2.24) is 5.32 Å². The van der Waals surface area contributed by atoms with Gasteiger partial charge in [-0.05, 0) is 61.1 Å². The van der Waals surface area contributed by atoms with E-state index >= 15 is 0 Å². The topological polar surface area (TPSA) is 102 Å². The maximum absolute atomic E-state index is 13.3. The predicted octanol–water partition coefficient (Wildman–Crippen LogP) is 5.48. The minimum absolute atomic E-state index is 0.0575. The van der Waals surface area contributed by atoms with Crippen molar-refractivity contribution >= 4 is 52.5 Å². The summed E-state index contributed by atoms with van der Waals surface area (Å²) >= 11 is 12.1. The number of Topliss-reactive ketones (excluding diaryl/α,β-unsaturated/α-hetero) is 1. The Labute approximate surface area is 227 Å². The van der Waals surface area contributed by atoms with Gasteiger partial charge in [0.15, 0.2) is 0 Å². The van der Waals surface area contributed by atoms with Gasteiger partial charge in [-0.3, -0.25) is 14.4 Å². The van der Waals surface area contributed by atoms with E-state index in [-0.39, 0.29) is 28.7 Å². The van der Waals surface area contributed by atoms with E-state index < -0.39 is 34.7 Å². The number of benzene rings is 2. The van der Waals surface area contributed by atoms with Crippen molar-refractivity contribution in [2.75, 3.05) is 12.4 Å². The van der Waals surface area contributed by atoms with E-state index in [1.165, 1.54) is 13.2 Å². The molecule has 1 aliphatic rings. The molecule has 3 atom stereocenters. The van der Waals surface area contributed by atoms with Crippen molar-refractivity contribution < 1.29 is 23.9 Å². The standard InChI is InChI=1S/C28H32Cl2N2O5/c1-16(33)28(4)13-12-21(27(28,2)3)25(35)32-23(26(36)37-5)14-17-6-9-19(10-7-17)31-24(34)20-15-18(29)8-11-22(20)30/h6-11,15,21,23H,12-14H2,1-5H3,(H,31,34)(H,32,35)/t21-,23+,28+/m1/s1. The molecule has 0 aliphatic heterocycles. The minimum atomic E-state index is -0.900. The van der Waals surface area contributed by atoms with Crippen molar-refractivity contribution in [2.24, 2.45) is 16.7 Å². The molecule has 0 aromatic heterocycles. The number of amides is 2. The van der Waals surface area contributed by atoms with E-state index in [1.54, 1.807) is 43.3 Å². The van der Waals surface area contributed by atoms with Crippen LogP contribution in [-0.2, 0) is 25.5 Å². The minimum Gasteiger partial charge on any atom is -0.467 e. The fourth-order valence-corrected chi connectivity index (χ4v) is 5.40. The summed E-state index contributed by atoms with van der Waals surface area (Å²) in [5, 5.41) is 6.29. The molecule has 3 rings (SSSR count). The smallest absolute Gasteiger partial charge is 0.328 e. The number of carbonyl (C=O) groups excluding carboxylic acids is 4. The van der Waals surface area contributed by atoms with Crippen LogP contribution >= 0.6 is 23.2 Å². The summed E-state index contributed by atoms with van der Waals surface area (Å²) in [5.41, 5.74) is 0.372. The van der Waals surface area contributed by atoms with Crippen LogP contribution in [0.5, 0.6) is 0 Å². The van der Waals surface area contributed by atoms with Gasteiger partial charge in [0, 0.05) is 28.5 Å². The monoisotopic (exact) mass is 546 g/mol. The molecule has 0 heterocycles. The van der Waals surface area contributed by atoms with Crippen LogP contribution < -0.4 is 10.6 Å². The molecule has 1 fully saturated rings. The molecule has 9 heteroatoms. The SMILES string of the molecule is COC(=O)[C@H](Cc1ccc(NC(=O)c2cc(Cl)ccc2Cl)cc1)NC(=O)[C@H]1CC[C@@](C)(C(C)=O)C1(C)C. The van der Waals surface area contributed by atoms with Crippen molar-refractivity contribution in [1.29, 1.82) is 0 Å². The van der Waals surface area contributed by atoms with Crippen LogP contribution in [0.1, 0.15) is 56.5 Å². The van der Waals surface area contributed by atoms with Crippen LogP contribution in [0.3, 0.4) is 0 Å². The molecule has 7 nitrogen and oxygen atoms in total. The molecule has 0 radical (unpaired) electrons. The van der Waals surface area contributed by atoms with E-state index in [0.717, 1.165) is 5.56 Å². The summed E-state index contributed by atoms with van der Waals surface area (Å²) in [6, 6.07) is 10.6. The Balaban J connectivity index is 1.70. The molecule has 0 saturated heterocycles. The highest BCUT2D eigenvalue weighted by atomic mass is 35.5. The summed E-state index contributed by atoms with van der Waals surface area (Å²) in [6.07, 6.45) is 1.38. The van der Waals surface area contributed by atoms with Gasteiger partial charge < -0.3 is 15.4 Å². The molecule has 2 N–H and O–H groups in total. The van der Waals surface area contributed by atoms with Gasteiger partial charge in [0.2, 0.25) is 5.91 Å². The largest absolute Gasteiger partial charge is 0.467 e. The summed E-state index contributed by atoms with van der Waals surface area (Å²) in [7, 11) is 1.27. The van der Waals surface area contributed by atoms with Crippen LogP contribution in [0.15, 0.2) is 42.5 Å². The summed E-state index contributed by atoms with van der Waals surface area (Å²) in [4.78, 5) is 50.7. The van der Waals surface area contributed by atoms with E-state index in [4.69, 9.17) is 27.9 Å². The van der Waals surface area contributed by atoms with Crippen LogP contribution in [0.2, 0.25) is 10.0 Å². The molecule has 0 unspecified atom stereocenters. The fourth-order valence-electron chi connectivity index (χ4n) is 5.03. The zero-order valence-corrected chi connectivity index (χ0v) is 23.1. The summed E-state index contributed by atoms with van der Waals surface area (Å²) in [5.74, 6) is -1.60. The molecule has 1 aliphatic carbocycles. The quantitative estimate of drug-likeness (QED) is 0.427. The van der Waals surface area contributed by atoms with Gasteiger partial charge in [0.25, 0.3) is 5.91 Å². The van der Waals surface area contributed by atoms with E-state index in [9.17, 15) is 19.2 Å². The number of carbonyl (C=O) groups is 4. The molecule has 37 heavy (non-hydrogen) atoms. The van der Waals surface area contributed by atoms with E-state index in [1.807, 2.05) is 20.8 Å². The van der Waals surface area contributed by atoms with Crippen molar-refractivity contribution in [3.63, 3.8) is 0 Å². The second-order valence-electron chi connectivity index (χ2n) is 10.3. The lowest BCUT2D eigenvalue weighted by atomic mass is 9.63. The molecule has 2 amide bonds. The van der Waals surface area contributed by atoms with Gasteiger partial charge in [-0.1, -0.05) is 56.1 Å². The van der Waals surface area contributed by atoms with Crippen molar-refractivity contribution in [2.45, 2.75) is 53.0 Å². The van der Waals surface area contributed by atoms with Crippen molar-refractivity contribution in [3.05, 3.63) is 63.6 Å². The fraction of sp³-hybridized carbons (Fsp3) is 0.429. The second-order valence-corrected chi connectivity index (χ2v) is 11.1. The number of ether oxygens (including phenoxy) is 1. The first-order valence-corrected chi connectivity index (χ1v) is 12.8. The first-order valence-electron chi connectivity index (χ1n) is 12.0. The molecule has 2 aromatic rings.